The summed E-state index contributed by atoms with van der Waals surface area (Å²) < 4.78 is 5.53. The summed E-state index contributed by atoms with van der Waals surface area (Å²) in [5.74, 6) is 5.88. The van der Waals surface area contributed by atoms with Crippen molar-refractivity contribution in [3.05, 3.63) is 22.8 Å². The highest BCUT2D eigenvalue weighted by molar-refractivity contribution is 6.31. The lowest BCUT2D eigenvalue weighted by Crippen LogP contribution is -2.10. The van der Waals surface area contributed by atoms with Crippen LogP contribution in [0.3, 0.4) is 0 Å². The van der Waals surface area contributed by atoms with Gasteiger partial charge >= 0.3 is 0 Å². The van der Waals surface area contributed by atoms with Crippen molar-refractivity contribution in [2.45, 2.75) is 39.2 Å². The van der Waals surface area contributed by atoms with Gasteiger partial charge in [-0.2, -0.15) is 0 Å². The van der Waals surface area contributed by atoms with Crippen molar-refractivity contribution in [3.8, 4) is 0 Å². The molecule has 0 unspecified atom stereocenters. The van der Waals surface area contributed by atoms with Crippen LogP contribution in [0.1, 0.15) is 38.3 Å². The molecular formula is C12H20ClN3O. The topological polar surface area (TPSA) is 60.2 Å². The van der Waals surface area contributed by atoms with Crippen LogP contribution < -0.4 is 11.3 Å². The maximum Gasteiger partial charge on any atom is 0.140 e. The van der Waals surface area contributed by atoms with Gasteiger partial charge in [0.15, 0.2) is 0 Å². The summed E-state index contributed by atoms with van der Waals surface area (Å²) in [6.07, 6.45) is 4.79. The number of halogens is 1. The van der Waals surface area contributed by atoms with Gasteiger partial charge in [0.05, 0.1) is 17.3 Å². The van der Waals surface area contributed by atoms with Gasteiger partial charge in [-0.15, -0.1) is 0 Å². The van der Waals surface area contributed by atoms with E-state index in [1.54, 1.807) is 12.1 Å². The van der Waals surface area contributed by atoms with Crippen LogP contribution in [-0.4, -0.2) is 11.6 Å². The minimum absolute atomic E-state index is 0.431. The average molecular weight is 258 g/mol. The molecule has 0 aliphatic carbocycles. The van der Waals surface area contributed by atoms with Crippen LogP contribution in [0.2, 0.25) is 5.02 Å². The number of nitrogens with zero attached hydrogens (tertiary/aromatic N) is 1. The van der Waals surface area contributed by atoms with Crippen molar-refractivity contribution < 1.29 is 4.74 Å². The molecule has 0 saturated carbocycles. The van der Waals surface area contributed by atoms with Crippen LogP contribution in [0.15, 0.2) is 12.1 Å². The Labute approximate surface area is 107 Å². The zero-order valence-corrected chi connectivity index (χ0v) is 11.0. The quantitative estimate of drug-likeness (QED) is 0.427. The van der Waals surface area contributed by atoms with Crippen LogP contribution in [0.25, 0.3) is 0 Å². The van der Waals surface area contributed by atoms with Gasteiger partial charge in [0.2, 0.25) is 0 Å². The number of hydrogen-bond donors (Lipinski definition) is 2. The normalized spacial score (nSPS) is 10.5. The minimum atomic E-state index is 0.431. The van der Waals surface area contributed by atoms with E-state index in [2.05, 4.69) is 17.3 Å². The Balaban J connectivity index is 2.30. The van der Waals surface area contributed by atoms with Crippen molar-refractivity contribution in [1.82, 2.24) is 4.98 Å². The smallest absolute Gasteiger partial charge is 0.140 e. The summed E-state index contributed by atoms with van der Waals surface area (Å²) in [7, 11) is 0. The van der Waals surface area contributed by atoms with Crippen molar-refractivity contribution >= 4 is 17.4 Å². The summed E-state index contributed by atoms with van der Waals surface area (Å²) >= 11 is 6.00. The summed E-state index contributed by atoms with van der Waals surface area (Å²) in [5, 5.41) is 0.609. The Hall–Kier alpha value is -0.840. The number of ether oxygens (including phenoxy) is 1. The van der Waals surface area contributed by atoms with E-state index in [-0.39, 0.29) is 0 Å². The van der Waals surface area contributed by atoms with Crippen LogP contribution in [0, 0.1) is 0 Å². The summed E-state index contributed by atoms with van der Waals surface area (Å²) in [4.78, 5) is 4.23. The maximum atomic E-state index is 6.00. The number of anilines is 1. The lowest BCUT2D eigenvalue weighted by Gasteiger charge is -2.07. The molecule has 1 rings (SSSR count). The van der Waals surface area contributed by atoms with Crippen molar-refractivity contribution in [2.24, 2.45) is 5.84 Å². The van der Waals surface area contributed by atoms with E-state index in [0.29, 0.717) is 17.4 Å². The molecule has 0 radical (unpaired) electrons. The molecule has 17 heavy (non-hydrogen) atoms. The maximum absolute atomic E-state index is 6.00. The molecule has 0 atom stereocenters. The van der Waals surface area contributed by atoms with Gasteiger partial charge in [0, 0.05) is 6.61 Å². The first-order valence-corrected chi connectivity index (χ1v) is 6.35. The van der Waals surface area contributed by atoms with E-state index in [0.717, 1.165) is 18.7 Å². The number of hydrazine groups is 1. The first-order chi connectivity index (χ1) is 8.27. The number of unbranched alkanes of at least 4 members (excludes halogenated alkanes) is 3. The summed E-state index contributed by atoms with van der Waals surface area (Å²) in [6.45, 7) is 3.37. The second-order valence-electron chi connectivity index (χ2n) is 3.88. The van der Waals surface area contributed by atoms with Crippen LogP contribution >= 0.6 is 11.6 Å². The molecule has 0 saturated heterocycles. The third kappa shape index (κ3) is 5.35. The lowest BCUT2D eigenvalue weighted by molar-refractivity contribution is 0.114. The molecule has 1 aromatic heterocycles. The van der Waals surface area contributed by atoms with Gasteiger partial charge in [-0.25, -0.2) is 10.8 Å². The highest BCUT2D eigenvalue weighted by Crippen LogP contribution is 2.17. The molecule has 0 aromatic carbocycles. The monoisotopic (exact) mass is 257 g/mol. The number of pyridine rings is 1. The van der Waals surface area contributed by atoms with Crippen molar-refractivity contribution in [2.75, 3.05) is 12.0 Å². The molecule has 0 aliphatic heterocycles. The Morgan fingerprint density at radius 2 is 2.18 bits per heavy atom. The fourth-order valence-electron chi connectivity index (χ4n) is 1.47. The molecule has 0 amide bonds. The molecule has 0 bridgehead atoms. The first kappa shape index (κ1) is 14.2. The standard InChI is InChI=1S/C12H20ClN3O/c1-2-3-4-5-8-17-9-11-10(13)6-7-12(15-11)16-14/h6-7H,2-5,8-9,14H2,1H3,(H,15,16). The zero-order valence-electron chi connectivity index (χ0n) is 10.2. The summed E-state index contributed by atoms with van der Waals surface area (Å²) in [5.41, 5.74) is 3.21. The van der Waals surface area contributed by atoms with E-state index >= 15 is 0 Å². The second-order valence-corrected chi connectivity index (χ2v) is 4.29. The highest BCUT2D eigenvalue weighted by Gasteiger charge is 2.03. The molecule has 0 aliphatic rings. The average Bonchev–Trinajstić information content (AvgIpc) is 2.35. The van der Waals surface area contributed by atoms with E-state index in [1.165, 1.54) is 19.3 Å². The number of aromatic nitrogens is 1. The molecular weight excluding hydrogens is 238 g/mol. The van der Waals surface area contributed by atoms with Crippen molar-refractivity contribution in [3.63, 3.8) is 0 Å². The van der Waals surface area contributed by atoms with Crippen LogP contribution in [0.4, 0.5) is 5.82 Å². The first-order valence-electron chi connectivity index (χ1n) is 5.97. The zero-order chi connectivity index (χ0) is 12.5. The number of nitrogens with one attached hydrogen (secondary N) is 1. The van der Waals surface area contributed by atoms with E-state index in [1.807, 2.05) is 0 Å². The van der Waals surface area contributed by atoms with Gasteiger partial charge in [0.25, 0.3) is 0 Å². The number of hydrogen-bond acceptors (Lipinski definition) is 4. The number of rotatable bonds is 8. The molecule has 5 heteroatoms. The van der Waals surface area contributed by atoms with E-state index in [4.69, 9.17) is 22.2 Å². The third-order valence-corrected chi connectivity index (χ3v) is 2.79. The molecule has 1 aromatic rings. The van der Waals surface area contributed by atoms with E-state index in [9.17, 15) is 0 Å². The molecule has 0 fully saturated rings. The van der Waals surface area contributed by atoms with Crippen LogP contribution in [-0.2, 0) is 11.3 Å². The fraction of sp³-hybridized carbons (Fsp3) is 0.583. The number of nitrogens with two attached hydrogens (primary N) is 1. The van der Waals surface area contributed by atoms with E-state index < -0.39 is 0 Å². The Morgan fingerprint density at radius 1 is 1.35 bits per heavy atom. The third-order valence-electron chi connectivity index (χ3n) is 2.45. The second kappa shape index (κ2) is 8.28. The minimum Gasteiger partial charge on any atom is -0.375 e. The van der Waals surface area contributed by atoms with Gasteiger partial charge in [-0.3, -0.25) is 0 Å². The predicted molar refractivity (Wildman–Crippen MR) is 70.9 cm³/mol. The largest absolute Gasteiger partial charge is 0.375 e. The van der Waals surface area contributed by atoms with Gasteiger partial charge < -0.3 is 10.2 Å². The predicted octanol–water partition coefficient (Wildman–Crippen LogP) is 3.12. The Kier molecular flexibility index (Phi) is 6.93. The SMILES string of the molecule is CCCCCCOCc1nc(NN)ccc1Cl. The van der Waals surface area contributed by atoms with Crippen molar-refractivity contribution in [1.29, 1.82) is 0 Å². The highest BCUT2D eigenvalue weighted by atomic mass is 35.5. The number of nitrogen functional groups attached to an aromatic ring is 1. The Bertz CT molecular complexity index is 334. The molecule has 0 spiro atoms. The summed E-state index contributed by atoms with van der Waals surface area (Å²) in [6, 6.07) is 3.49. The molecule has 3 N–H and O–H groups in total. The van der Waals surface area contributed by atoms with Gasteiger partial charge in [-0.1, -0.05) is 37.8 Å². The van der Waals surface area contributed by atoms with Crippen LogP contribution in [0.5, 0.6) is 0 Å². The molecule has 96 valence electrons. The molecule has 4 nitrogen and oxygen atoms in total. The molecule has 1 heterocycles. The Morgan fingerprint density at radius 3 is 2.88 bits per heavy atom. The lowest BCUT2D eigenvalue weighted by atomic mass is 10.2. The van der Waals surface area contributed by atoms with Gasteiger partial charge in [-0.05, 0) is 18.6 Å². The van der Waals surface area contributed by atoms with Gasteiger partial charge in [0.1, 0.15) is 5.82 Å². The fourth-order valence-corrected chi connectivity index (χ4v) is 1.63.